The highest BCUT2D eigenvalue weighted by Gasteiger charge is 2.57. The molecule has 0 heterocycles. The number of aliphatic hydroxyl groups excluding tert-OH is 1. The fourth-order valence-corrected chi connectivity index (χ4v) is 6.47. The summed E-state index contributed by atoms with van der Waals surface area (Å²) in [6.07, 6.45) is 10.5. The van der Waals surface area contributed by atoms with Crippen LogP contribution in [0.25, 0.3) is 0 Å². The van der Waals surface area contributed by atoms with Crippen molar-refractivity contribution in [2.75, 3.05) is 0 Å². The van der Waals surface area contributed by atoms with Gasteiger partial charge in [-0.25, -0.2) is 0 Å². The first-order valence-electron chi connectivity index (χ1n) is 10.5. The molecule has 0 aliphatic heterocycles. The van der Waals surface area contributed by atoms with E-state index in [4.69, 9.17) is 0 Å². The highest BCUT2D eigenvalue weighted by Crippen LogP contribution is 2.63. The Morgan fingerprint density at radius 2 is 1.86 bits per heavy atom. The van der Waals surface area contributed by atoms with E-state index in [1.54, 1.807) is 13.8 Å². The third kappa shape index (κ3) is 2.86. The molecule has 2 fully saturated rings. The van der Waals surface area contributed by atoms with Gasteiger partial charge in [0.05, 0.1) is 6.10 Å². The average Bonchev–Trinajstić information content (AvgIpc) is 2.92. The summed E-state index contributed by atoms with van der Waals surface area (Å²) in [4.78, 5) is 23.7. The van der Waals surface area contributed by atoms with Crippen molar-refractivity contribution < 1.29 is 14.7 Å². The van der Waals surface area contributed by atoms with Crippen LogP contribution in [-0.2, 0) is 9.59 Å². The third-order valence-electron chi connectivity index (χ3n) is 7.89. The van der Waals surface area contributed by atoms with Crippen LogP contribution in [0, 0.1) is 22.7 Å². The quantitative estimate of drug-likeness (QED) is 0.641. The molecule has 2 saturated carbocycles. The Morgan fingerprint density at radius 1 is 1.11 bits per heavy atom. The fourth-order valence-electron chi connectivity index (χ4n) is 6.47. The number of aliphatic hydroxyl groups is 1. The Hall–Kier alpha value is -1.88. The van der Waals surface area contributed by atoms with E-state index in [1.807, 2.05) is 6.08 Å². The summed E-state index contributed by atoms with van der Waals surface area (Å²) in [5.41, 5.74) is 3.40. The molecule has 2 amide bonds. The van der Waals surface area contributed by atoms with Crippen LogP contribution in [0.15, 0.2) is 35.1 Å². The summed E-state index contributed by atoms with van der Waals surface area (Å²) in [6, 6.07) is 0.184. The maximum atomic E-state index is 12.0. The maximum Gasteiger partial charge on any atom is 0.221 e. The molecular weight excluding hydrogens is 352 g/mol. The van der Waals surface area contributed by atoms with Gasteiger partial charge in [-0.2, -0.15) is 0 Å². The number of hydrogen-bond donors (Lipinski definition) is 3. The second kappa shape index (κ2) is 6.58. The Labute approximate surface area is 167 Å². The molecule has 6 atom stereocenters. The summed E-state index contributed by atoms with van der Waals surface area (Å²) in [6.45, 7) is 7.74. The Morgan fingerprint density at radius 3 is 2.54 bits per heavy atom. The molecule has 28 heavy (non-hydrogen) atoms. The lowest BCUT2D eigenvalue weighted by Gasteiger charge is -2.54. The second-order valence-electron chi connectivity index (χ2n) is 9.61. The Balaban J connectivity index is 1.81. The minimum absolute atomic E-state index is 0.0147. The average molecular weight is 385 g/mol. The van der Waals surface area contributed by atoms with E-state index in [2.05, 4.69) is 36.6 Å². The fraction of sp³-hybridized carbons (Fsp3) is 0.652. The van der Waals surface area contributed by atoms with Gasteiger partial charge >= 0.3 is 0 Å². The second-order valence-corrected chi connectivity index (χ2v) is 9.61. The van der Waals surface area contributed by atoms with E-state index in [0.717, 1.165) is 31.4 Å². The number of amides is 2. The van der Waals surface area contributed by atoms with Crippen molar-refractivity contribution in [3.8, 4) is 0 Å². The molecule has 4 aliphatic rings. The van der Waals surface area contributed by atoms with Gasteiger partial charge in [-0.1, -0.05) is 31.6 Å². The van der Waals surface area contributed by atoms with Crippen molar-refractivity contribution in [3.63, 3.8) is 0 Å². The zero-order chi connectivity index (χ0) is 20.3. The van der Waals surface area contributed by atoms with Crippen molar-refractivity contribution >= 4 is 11.8 Å². The molecule has 0 aromatic carbocycles. The largest absolute Gasteiger partial charge is 0.389 e. The van der Waals surface area contributed by atoms with Gasteiger partial charge in [0.15, 0.2) is 0 Å². The first-order chi connectivity index (χ1) is 13.1. The SMILES string of the molecule is CC(=O)NC1=C2[C@@H]3CC[C@H](NC(C)=O)[C@@]3(C)CC[C@@H]2[C@@]2(C)C=C[C@H](O)CC2=C1. The minimum Gasteiger partial charge on any atom is -0.389 e. The van der Waals surface area contributed by atoms with Crippen molar-refractivity contribution in [1.82, 2.24) is 10.6 Å². The van der Waals surface area contributed by atoms with E-state index < -0.39 is 6.10 Å². The van der Waals surface area contributed by atoms with Gasteiger partial charge in [0.25, 0.3) is 0 Å². The van der Waals surface area contributed by atoms with Crippen molar-refractivity contribution in [1.29, 1.82) is 0 Å². The van der Waals surface area contributed by atoms with Crippen LogP contribution in [0.3, 0.4) is 0 Å². The summed E-state index contributed by atoms with van der Waals surface area (Å²) < 4.78 is 0. The van der Waals surface area contributed by atoms with Crippen molar-refractivity contribution in [3.05, 3.63) is 35.1 Å². The van der Waals surface area contributed by atoms with E-state index in [9.17, 15) is 14.7 Å². The van der Waals surface area contributed by atoms with Crippen LogP contribution in [-0.4, -0.2) is 29.1 Å². The number of hydrogen-bond acceptors (Lipinski definition) is 3. The molecule has 0 saturated heterocycles. The number of allylic oxidation sites excluding steroid dienone is 3. The van der Waals surface area contributed by atoms with Gasteiger partial charge in [0.2, 0.25) is 11.8 Å². The molecule has 0 aromatic heterocycles. The molecular formula is C23H32N2O3. The molecule has 5 nitrogen and oxygen atoms in total. The molecule has 4 aliphatic carbocycles. The van der Waals surface area contributed by atoms with Crippen LogP contribution in [0.1, 0.15) is 59.8 Å². The monoisotopic (exact) mass is 384 g/mol. The lowest BCUT2D eigenvalue weighted by molar-refractivity contribution is -0.120. The standard InChI is InChI=1S/C23H32N2O3/c1-13(26)24-19-12-15-11-16(28)7-9-22(15,3)18-8-10-23(4)17(21(18)19)5-6-20(23)25-14(2)27/h7,9,12,16-18,20,28H,5-6,8,10-11H2,1-4H3,(H,24,26)(H,25,27)/t16-,17-,18-,20-,22-,23-/m0/s1. The van der Waals surface area contributed by atoms with Crippen LogP contribution in [0.4, 0.5) is 0 Å². The minimum atomic E-state index is -0.455. The first-order valence-corrected chi connectivity index (χ1v) is 10.5. The van der Waals surface area contributed by atoms with Gasteiger partial charge in [0.1, 0.15) is 0 Å². The molecule has 0 bridgehead atoms. The van der Waals surface area contributed by atoms with E-state index in [0.29, 0.717) is 18.3 Å². The third-order valence-corrected chi connectivity index (χ3v) is 7.89. The molecule has 5 heteroatoms. The van der Waals surface area contributed by atoms with Gasteiger partial charge in [-0.3, -0.25) is 9.59 Å². The van der Waals surface area contributed by atoms with E-state index in [1.165, 1.54) is 11.1 Å². The predicted molar refractivity (Wildman–Crippen MR) is 108 cm³/mol. The topological polar surface area (TPSA) is 78.4 Å². The molecule has 0 aromatic rings. The number of fused-ring (bicyclic) bond motifs is 5. The Bertz CT molecular complexity index is 811. The lowest BCUT2D eigenvalue weighted by Crippen LogP contribution is -2.51. The van der Waals surface area contributed by atoms with Crippen LogP contribution in [0.2, 0.25) is 0 Å². The van der Waals surface area contributed by atoms with Gasteiger partial charge < -0.3 is 15.7 Å². The molecule has 0 radical (unpaired) electrons. The maximum absolute atomic E-state index is 12.0. The molecule has 3 N–H and O–H groups in total. The number of carbonyl (C=O) groups excluding carboxylic acids is 2. The van der Waals surface area contributed by atoms with Gasteiger partial charge in [-0.05, 0) is 61.0 Å². The van der Waals surface area contributed by atoms with Crippen molar-refractivity contribution in [2.45, 2.75) is 71.9 Å². The normalized spacial score (nSPS) is 41.5. The number of nitrogens with one attached hydrogen (secondary N) is 2. The summed E-state index contributed by atoms with van der Waals surface area (Å²) >= 11 is 0. The highest BCUT2D eigenvalue weighted by molar-refractivity contribution is 5.76. The van der Waals surface area contributed by atoms with Crippen LogP contribution >= 0.6 is 0 Å². The van der Waals surface area contributed by atoms with Gasteiger partial charge in [-0.15, -0.1) is 0 Å². The first kappa shape index (κ1) is 19.4. The van der Waals surface area contributed by atoms with E-state index >= 15 is 0 Å². The zero-order valence-electron chi connectivity index (χ0n) is 17.3. The van der Waals surface area contributed by atoms with E-state index in [-0.39, 0.29) is 28.7 Å². The molecule has 4 rings (SSSR count). The number of rotatable bonds is 2. The lowest BCUT2D eigenvalue weighted by atomic mass is 9.52. The molecule has 0 spiro atoms. The molecule has 0 unspecified atom stereocenters. The van der Waals surface area contributed by atoms with Crippen LogP contribution in [0.5, 0.6) is 0 Å². The summed E-state index contributed by atoms with van der Waals surface area (Å²) in [7, 11) is 0. The Kier molecular flexibility index (Phi) is 4.57. The highest BCUT2D eigenvalue weighted by atomic mass is 16.3. The predicted octanol–water partition coefficient (Wildman–Crippen LogP) is 2.97. The van der Waals surface area contributed by atoms with Crippen molar-refractivity contribution in [2.24, 2.45) is 22.7 Å². The van der Waals surface area contributed by atoms with Crippen LogP contribution < -0.4 is 10.6 Å². The molecule has 152 valence electrons. The van der Waals surface area contributed by atoms with Gasteiger partial charge in [0, 0.05) is 31.0 Å². The zero-order valence-corrected chi connectivity index (χ0v) is 17.3. The smallest absolute Gasteiger partial charge is 0.221 e. The summed E-state index contributed by atoms with van der Waals surface area (Å²) in [5, 5.41) is 16.5. The number of carbonyl (C=O) groups is 2. The summed E-state index contributed by atoms with van der Waals surface area (Å²) in [5.74, 6) is 0.649.